The average molecular weight is 185 g/mol. The molecule has 1 fully saturated rings. The second-order valence-corrected chi connectivity index (χ2v) is 4.54. The predicted molar refractivity (Wildman–Crippen MR) is 55.9 cm³/mol. The van der Waals surface area contributed by atoms with Gasteiger partial charge < -0.3 is 10.1 Å². The van der Waals surface area contributed by atoms with Gasteiger partial charge in [-0.15, -0.1) is 0 Å². The fourth-order valence-corrected chi connectivity index (χ4v) is 1.84. The molecule has 0 heterocycles. The van der Waals surface area contributed by atoms with Crippen molar-refractivity contribution in [3.63, 3.8) is 0 Å². The molecule has 0 aromatic heterocycles. The lowest BCUT2D eigenvalue weighted by atomic mass is 9.70. The Labute approximate surface area is 82.0 Å². The lowest BCUT2D eigenvalue weighted by Gasteiger charge is -2.38. The quantitative estimate of drug-likeness (QED) is 0.614. The van der Waals surface area contributed by atoms with E-state index in [4.69, 9.17) is 4.74 Å². The Hall–Kier alpha value is -0.0800. The molecule has 0 bridgehead atoms. The lowest BCUT2D eigenvalue weighted by molar-refractivity contribution is 0.155. The van der Waals surface area contributed by atoms with Gasteiger partial charge in [0, 0.05) is 20.3 Å². The van der Waals surface area contributed by atoms with E-state index in [1.807, 2.05) is 0 Å². The first-order valence-corrected chi connectivity index (χ1v) is 5.46. The van der Waals surface area contributed by atoms with E-state index < -0.39 is 0 Å². The van der Waals surface area contributed by atoms with Crippen molar-refractivity contribution in [3.05, 3.63) is 0 Å². The van der Waals surface area contributed by atoms with Crippen LogP contribution >= 0.6 is 0 Å². The Morgan fingerprint density at radius 2 is 2.08 bits per heavy atom. The zero-order chi connectivity index (χ0) is 9.57. The minimum absolute atomic E-state index is 0.626. The highest BCUT2D eigenvalue weighted by atomic mass is 16.5. The molecule has 0 saturated heterocycles. The van der Waals surface area contributed by atoms with Gasteiger partial charge in [0.2, 0.25) is 0 Å². The van der Waals surface area contributed by atoms with Gasteiger partial charge in [0.05, 0.1) is 0 Å². The maximum absolute atomic E-state index is 4.99. The van der Waals surface area contributed by atoms with Gasteiger partial charge in [-0.2, -0.15) is 0 Å². The van der Waals surface area contributed by atoms with Crippen LogP contribution in [0.1, 0.15) is 39.0 Å². The van der Waals surface area contributed by atoms with Crippen LogP contribution in [0.4, 0.5) is 0 Å². The molecule has 0 amide bonds. The van der Waals surface area contributed by atoms with E-state index in [2.05, 4.69) is 12.2 Å². The summed E-state index contributed by atoms with van der Waals surface area (Å²) in [5, 5.41) is 3.53. The second-order valence-electron chi connectivity index (χ2n) is 4.54. The average Bonchev–Trinajstić information content (AvgIpc) is 2.08. The highest BCUT2D eigenvalue weighted by Gasteiger charge is 2.30. The van der Waals surface area contributed by atoms with Crippen molar-refractivity contribution >= 4 is 0 Å². The zero-order valence-corrected chi connectivity index (χ0v) is 9.07. The summed E-state index contributed by atoms with van der Waals surface area (Å²) < 4.78 is 4.99. The molecular weight excluding hydrogens is 162 g/mol. The first-order valence-electron chi connectivity index (χ1n) is 5.46. The molecule has 0 atom stereocenters. The van der Waals surface area contributed by atoms with Crippen LogP contribution in [0.5, 0.6) is 0 Å². The molecule has 0 aromatic carbocycles. The summed E-state index contributed by atoms with van der Waals surface area (Å²) >= 11 is 0. The van der Waals surface area contributed by atoms with Crippen LogP contribution in [-0.2, 0) is 4.74 Å². The highest BCUT2D eigenvalue weighted by molar-refractivity contribution is 4.84. The molecule has 1 rings (SSSR count). The van der Waals surface area contributed by atoms with Gasteiger partial charge in [0.15, 0.2) is 0 Å². The molecule has 0 aliphatic heterocycles. The number of methoxy groups -OCH3 is 1. The van der Waals surface area contributed by atoms with Gasteiger partial charge in [-0.25, -0.2) is 0 Å². The van der Waals surface area contributed by atoms with Crippen LogP contribution in [0.25, 0.3) is 0 Å². The van der Waals surface area contributed by atoms with Crippen molar-refractivity contribution in [2.24, 2.45) is 5.41 Å². The molecule has 0 spiro atoms. The van der Waals surface area contributed by atoms with E-state index in [0.717, 1.165) is 13.2 Å². The number of hydrogen-bond acceptors (Lipinski definition) is 2. The van der Waals surface area contributed by atoms with Crippen LogP contribution in [0.3, 0.4) is 0 Å². The maximum Gasteiger partial charge on any atom is 0.0462 e. The normalized spacial score (nSPS) is 19.8. The van der Waals surface area contributed by atoms with E-state index >= 15 is 0 Å². The smallest absolute Gasteiger partial charge is 0.0462 e. The van der Waals surface area contributed by atoms with Crippen LogP contribution in [-0.4, -0.2) is 26.8 Å². The summed E-state index contributed by atoms with van der Waals surface area (Å²) in [6.07, 6.45) is 6.68. The van der Waals surface area contributed by atoms with Gasteiger partial charge in [-0.3, -0.25) is 0 Å². The van der Waals surface area contributed by atoms with Gasteiger partial charge in [0.25, 0.3) is 0 Å². The zero-order valence-electron chi connectivity index (χ0n) is 9.07. The van der Waals surface area contributed by atoms with E-state index in [-0.39, 0.29) is 0 Å². The molecule has 13 heavy (non-hydrogen) atoms. The Morgan fingerprint density at radius 1 is 1.31 bits per heavy atom. The summed E-state index contributed by atoms with van der Waals surface area (Å²) in [5.74, 6) is 0. The summed E-state index contributed by atoms with van der Waals surface area (Å²) in [6.45, 7) is 5.65. The van der Waals surface area contributed by atoms with Crippen molar-refractivity contribution in [3.8, 4) is 0 Å². The van der Waals surface area contributed by atoms with Crippen LogP contribution in [0.15, 0.2) is 0 Å². The largest absolute Gasteiger partial charge is 0.385 e. The second kappa shape index (κ2) is 5.61. The minimum Gasteiger partial charge on any atom is -0.385 e. The van der Waals surface area contributed by atoms with Crippen molar-refractivity contribution in [1.82, 2.24) is 5.32 Å². The molecule has 1 aliphatic rings. The van der Waals surface area contributed by atoms with E-state index in [1.165, 1.54) is 38.6 Å². The monoisotopic (exact) mass is 185 g/mol. The molecule has 2 nitrogen and oxygen atoms in total. The topological polar surface area (TPSA) is 21.3 Å². The summed E-state index contributed by atoms with van der Waals surface area (Å²) in [6, 6.07) is 0. The molecule has 78 valence electrons. The number of hydrogen-bond donors (Lipinski definition) is 1. The third kappa shape index (κ3) is 4.10. The van der Waals surface area contributed by atoms with Crippen molar-refractivity contribution in [2.45, 2.75) is 39.0 Å². The van der Waals surface area contributed by atoms with Crippen molar-refractivity contribution in [2.75, 3.05) is 26.8 Å². The molecule has 2 heteroatoms. The van der Waals surface area contributed by atoms with Gasteiger partial charge in [-0.05, 0) is 37.6 Å². The number of ether oxygens (including phenoxy) is 1. The van der Waals surface area contributed by atoms with E-state index in [0.29, 0.717) is 5.41 Å². The van der Waals surface area contributed by atoms with Gasteiger partial charge in [0.1, 0.15) is 0 Å². The Bertz CT molecular complexity index is 132. The number of nitrogens with one attached hydrogen (secondary N) is 1. The summed E-state index contributed by atoms with van der Waals surface area (Å²) in [7, 11) is 1.77. The third-order valence-electron chi connectivity index (χ3n) is 3.06. The highest BCUT2D eigenvalue weighted by Crippen LogP contribution is 2.39. The number of rotatable bonds is 7. The molecule has 1 saturated carbocycles. The number of unbranched alkanes of at least 4 members (excludes halogenated alkanes) is 1. The summed E-state index contributed by atoms with van der Waals surface area (Å²) in [5.41, 5.74) is 0.626. The van der Waals surface area contributed by atoms with Crippen LogP contribution in [0, 0.1) is 5.41 Å². The molecule has 0 aromatic rings. The minimum atomic E-state index is 0.626. The fraction of sp³-hybridized carbons (Fsp3) is 1.00. The van der Waals surface area contributed by atoms with Crippen molar-refractivity contribution in [1.29, 1.82) is 0 Å². The Morgan fingerprint density at radius 3 is 2.62 bits per heavy atom. The molecule has 1 N–H and O–H groups in total. The lowest BCUT2D eigenvalue weighted by Crippen LogP contribution is -2.37. The molecule has 0 radical (unpaired) electrons. The summed E-state index contributed by atoms with van der Waals surface area (Å²) in [4.78, 5) is 0. The molecule has 0 unspecified atom stereocenters. The third-order valence-corrected chi connectivity index (χ3v) is 3.06. The van der Waals surface area contributed by atoms with Crippen LogP contribution < -0.4 is 5.32 Å². The van der Waals surface area contributed by atoms with Gasteiger partial charge in [-0.1, -0.05) is 13.3 Å². The SMILES string of the molecule is COCCCCNCC1(C)CCC1. The van der Waals surface area contributed by atoms with Gasteiger partial charge >= 0.3 is 0 Å². The van der Waals surface area contributed by atoms with E-state index in [9.17, 15) is 0 Å². The van der Waals surface area contributed by atoms with E-state index in [1.54, 1.807) is 7.11 Å². The molecular formula is C11H23NO. The Kier molecular flexibility index (Phi) is 4.74. The predicted octanol–water partition coefficient (Wildman–Crippen LogP) is 2.19. The maximum atomic E-state index is 4.99. The van der Waals surface area contributed by atoms with Crippen LogP contribution in [0.2, 0.25) is 0 Å². The first-order chi connectivity index (χ1) is 6.27. The first kappa shape index (κ1) is 11.0. The molecule has 1 aliphatic carbocycles. The Balaban J connectivity index is 1.83. The van der Waals surface area contributed by atoms with Crippen molar-refractivity contribution < 1.29 is 4.74 Å². The standard InChI is InChI=1S/C11H23NO/c1-11(6-5-7-11)10-12-8-3-4-9-13-2/h12H,3-10H2,1-2H3. The fourth-order valence-electron chi connectivity index (χ4n) is 1.84.